The molecule has 5 rings (SSSR count). The van der Waals surface area contributed by atoms with Crippen LogP contribution in [0.1, 0.15) is 18.4 Å². The van der Waals surface area contributed by atoms with Gasteiger partial charge in [-0.05, 0) is 29.3 Å². The van der Waals surface area contributed by atoms with Crippen molar-refractivity contribution in [1.82, 2.24) is 20.2 Å². The van der Waals surface area contributed by atoms with Crippen molar-refractivity contribution in [1.29, 1.82) is 0 Å². The highest BCUT2D eigenvalue weighted by Gasteiger charge is 2.41. The zero-order valence-electron chi connectivity index (χ0n) is 19.8. The van der Waals surface area contributed by atoms with Crippen LogP contribution in [0.4, 0.5) is 0 Å². The second kappa shape index (κ2) is 9.94. The lowest BCUT2D eigenvalue weighted by molar-refractivity contribution is -0.130. The van der Waals surface area contributed by atoms with Gasteiger partial charge in [-0.15, -0.1) is 0 Å². The molecule has 0 radical (unpaired) electrons. The van der Waals surface area contributed by atoms with Crippen molar-refractivity contribution in [2.45, 2.75) is 18.9 Å². The average molecular weight is 449 g/mol. The number of benzene rings is 2. The van der Waals surface area contributed by atoms with Crippen LogP contribution in [0.25, 0.3) is 10.8 Å². The average Bonchev–Trinajstić information content (AvgIpc) is 2.85. The second-order valence-electron chi connectivity index (χ2n) is 9.77. The summed E-state index contributed by atoms with van der Waals surface area (Å²) in [6.07, 6.45) is 4.46. The number of piperazine rings is 1. The SMILES string of the molecule is CC1C(c2cccc3ccccc23)C(C(=O)NN2CCN(C)CC2)C=CC1N1CCOCC1. The monoisotopic (exact) mass is 448 g/mol. The van der Waals surface area contributed by atoms with E-state index in [1.54, 1.807) is 0 Å². The van der Waals surface area contributed by atoms with E-state index in [-0.39, 0.29) is 17.7 Å². The Hall–Kier alpha value is -2.25. The fourth-order valence-electron chi connectivity index (χ4n) is 5.81. The standard InChI is InChI=1S/C27H36N4O2/c1-20-25(30-16-18-33-19-17-30)11-10-24(27(32)28-31-14-12-29(2)13-15-31)26(20)23-9-5-7-21-6-3-4-8-22(21)23/h3-11,20,24-26H,12-19H2,1-2H3,(H,28,32). The molecular weight excluding hydrogens is 412 g/mol. The quantitative estimate of drug-likeness (QED) is 0.729. The van der Waals surface area contributed by atoms with Crippen molar-refractivity contribution in [2.75, 3.05) is 59.5 Å². The minimum atomic E-state index is -0.192. The van der Waals surface area contributed by atoms with Gasteiger partial charge in [-0.3, -0.25) is 15.1 Å². The Morgan fingerprint density at radius 1 is 0.939 bits per heavy atom. The van der Waals surface area contributed by atoms with Crippen molar-refractivity contribution >= 4 is 16.7 Å². The number of hydrogen-bond donors (Lipinski definition) is 1. The highest BCUT2D eigenvalue weighted by molar-refractivity contribution is 5.88. The van der Waals surface area contributed by atoms with E-state index < -0.39 is 0 Å². The number of carbonyl (C=O) groups is 1. The molecule has 4 unspecified atom stereocenters. The number of rotatable bonds is 4. The maximum Gasteiger partial charge on any atom is 0.241 e. The third kappa shape index (κ3) is 4.71. The highest BCUT2D eigenvalue weighted by Crippen LogP contribution is 2.43. The molecule has 33 heavy (non-hydrogen) atoms. The molecule has 1 aliphatic carbocycles. The number of morpholine rings is 1. The first-order chi connectivity index (χ1) is 16.1. The molecule has 0 spiro atoms. The molecule has 0 bridgehead atoms. The summed E-state index contributed by atoms with van der Waals surface area (Å²) < 4.78 is 5.61. The summed E-state index contributed by atoms with van der Waals surface area (Å²) >= 11 is 0. The van der Waals surface area contributed by atoms with E-state index in [1.165, 1.54) is 16.3 Å². The summed E-state index contributed by atoms with van der Waals surface area (Å²) in [6, 6.07) is 15.4. The number of likely N-dealkylation sites (N-methyl/N-ethyl adjacent to an activating group) is 1. The fourth-order valence-corrected chi connectivity index (χ4v) is 5.81. The van der Waals surface area contributed by atoms with Gasteiger partial charge in [0.25, 0.3) is 0 Å². The van der Waals surface area contributed by atoms with Gasteiger partial charge in [0.15, 0.2) is 0 Å². The van der Waals surface area contributed by atoms with Gasteiger partial charge in [0.2, 0.25) is 5.91 Å². The largest absolute Gasteiger partial charge is 0.379 e. The number of hydrogen-bond acceptors (Lipinski definition) is 5. The van der Waals surface area contributed by atoms with Crippen LogP contribution in [0.3, 0.4) is 0 Å². The Kier molecular flexibility index (Phi) is 6.79. The molecule has 0 saturated carbocycles. The van der Waals surface area contributed by atoms with Crippen LogP contribution in [0.15, 0.2) is 54.6 Å². The van der Waals surface area contributed by atoms with Crippen LogP contribution in [0.2, 0.25) is 0 Å². The summed E-state index contributed by atoms with van der Waals surface area (Å²) in [7, 11) is 2.13. The molecule has 6 heteroatoms. The molecule has 2 heterocycles. The van der Waals surface area contributed by atoms with Gasteiger partial charge in [-0.1, -0.05) is 61.5 Å². The third-order valence-electron chi connectivity index (χ3n) is 7.73. The third-order valence-corrected chi connectivity index (χ3v) is 7.73. The predicted molar refractivity (Wildman–Crippen MR) is 132 cm³/mol. The van der Waals surface area contributed by atoms with E-state index in [0.29, 0.717) is 12.0 Å². The maximum atomic E-state index is 13.6. The van der Waals surface area contributed by atoms with E-state index in [4.69, 9.17) is 4.74 Å². The minimum Gasteiger partial charge on any atom is -0.379 e. The number of amides is 1. The molecule has 2 aliphatic heterocycles. The number of nitrogens with zero attached hydrogens (tertiary/aromatic N) is 3. The summed E-state index contributed by atoms with van der Waals surface area (Å²) in [5.74, 6) is 0.340. The summed E-state index contributed by atoms with van der Waals surface area (Å²) in [5, 5.41) is 4.58. The van der Waals surface area contributed by atoms with Crippen LogP contribution in [0, 0.1) is 11.8 Å². The highest BCUT2D eigenvalue weighted by atomic mass is 16.5. The molecule has 3 aliphatic rings. The summed E-state index contributed by atoms with van der Waals surface area (Å²) in [6.45, 7) is 9.46. The molecule has 0 aromatic heterocycles. The van der Waals surface area contributed by atoms with E-state index in [2.05, 4.69) is 88.8 Å². The van der Waals surface area contributed by atoms with E-state index in [9.17, 15) is 4.79 Å². The topological polar surface area (TPSA) is 48.1 Å². The number of fused-ring (bicyclic) bond motifs is 1. The van der Waals surface area contributed by atoms with Gasteiger partial charge >= 0.3 is 0 Å². The van der Waals surface area contributed by atoms with Crippen LogP contribution in [-0.4, -0.2) is 86.3 Å². The zero-order chi connectivity index (χ0) is 22.8. The first kappa shape index (κ1) is 22.5. The smallest absolute Gasteiger partial charge is 0.241 e. The first-order valence-electron chi connectivity index (χ1n) is 12.3. The lowest BCUT2D eigenvalue weighted by Crippen LogP contribution is -2.55. The lowest BCUT2D eigenvalue weighted by Gasteiger charge is -2.44. The Labute approximate surface area is 197 Å². The van der Waals surface area contributed by atoms with Crippen molar-refractivity contribution < 1.29 is 9.53 Å². The van der Waals surface area contributed by atoms with Gasteiger partial charge in [0.1, 0.15) is 0 Å². The van der Waals surface area contributed by atoms with Gasteiger partial charge in [-0.25, -0.2) is 5.01 Å². The number of ether oxygens (including phenoxy) is 1. The lowest BCUT2D eigenvalue weighted by atomic mass is 9.69. The summed E-state index contributed by atoms with van der Waals surface area (Å²) in [5.41, 5.74) is 4.53. The fraction of sp³-hybridized carbons (Fsp3) is 0.519. The Morgan fingerprint density at radius 3 is 2.45 bits per heavy atom. The normalized spacial score (nSPS) is 29.9. The number of nitrogens with one attached hydrogen (secondary N) is 1. The molecule has 4 atom stereocenters. The molecule has 176 valence electrons. The predicted octanol–water partition coefficient (Wildman–Crippen LogP) is 2.72. The van der Waals surface area contributed by atoms with Crippen LogP contribution in [0.5, 0.6) is 0 Å². The molecule has 2 aromatic carbocycles. The summed E-state index contributed by atoms with van der Waals surface area (Å²) in [4.78, 5) is 18.5. The van der Waals surface area contributed by atoms with E-state index in [1.807, 2.05) is 0 Å². The molecule has 2 fully saturated rings. The Morgan fingerprint density at radius 2 is 1.67 bits per heavy atom. The zero-order valence-corrected chi connectivity index (χ0v) is 19.8. The van der Waals surface area contributed by atoms with Crippen LogP contribution >= 0.6 is 0 Å². The van der Waals surface area contributed by atoms with E-state index in [0.717, 1.165) is 52.5 Å². The minimum absolute atomic E-state index is 0.112. The van der Waals surface area contributed by atoms with Gasteiger partial charge in [-0.2, -0.15) is 0 Å². The molecule has 6 nitrogen and oxygen atoms in total. The molecular formula is C27H36N4O2. The Bertz CT molecular complexity index is 989. The number of hydrazine groups is 1. The van der Waals surface area contributed by atoms with Gasteiger partial charge < -0.3 is 9.64 Å². The van der Waals surface area contributed by atoms with Crippen molar-refractivity contribution in [2.24, 2.45) is 11.8 Å². The first-order valence-corrected chi connectivity index (χ1v) is 12.3. The van der Waals surface area contributed by atoms with Gasteiger partial charge in [0.05, 0.1) is 19.1 Å². The number of carbonyl (C=O) groups excluding carboxylic acids is 1. The molecule has 1 N–H and O–H groups in total. The van der Waals surface area contributed by atoms with Crippen molar-refractivity contribution in [3.8, 4) is 0 Å². The Balaban J connectivity index is 1.48. The second-order valence-corrected chi connectivity index (χ2v) is 9.77. The van der Waals surface area contributed by atoms with Gasteiger partial charge in [0, 0.05) is 51.2 Å². The molecule has 2 aromatic rings. The van der Waals surface area contributed by atoms with Crippen molar-refractivity contribution in [3.05, 3.63) is 60.2 Å². The van der Waals surface area contributed by atoms with Crippen LogP contribution in [-0.2, 0) is 9.53 Å². The molecule has 2 saturated heterocycles. The van der Waals surface area contributed by atoms with Crippen LogP contribution < -0.4 is 5.43 Å². The molecule has 1 amide bonds. The van der Waals surface area contributed by atoms with E-state index >= 15 is 0 Å². The van der Waals surface area contributed by atoms with Crippen molar-refractivity contribution in [3.63, 3.8) is 0 Å². The maximum absolute atomic E-state index is 13.6.